The molecule has 1 unspecified atom stereocenters. The Kier molecular flexibility index (Phi) is 5.49. The van der Waals surface area contributed by atoms with Crippen molar-refractivity contribution in [3.05, 3.63) is 29.6 Å². The second kappa shape index (κ2) is 7.36. The highest BCUT2D eigenvalue weighted by Crippen LogP contribution is 2.18. The molecule has 2 heterocycles. The zero-order chi connectivity index (χ0) is 14.4. The van der Waals surface area contributed by atoms with Crippen molar-refractivity contribution >= 4 is 5.97 Å². The molecule has 2 rings (SSSR count). The highest BCUT2D eigenvalue weighted by Gasteiger charge is 2.23. The van der Waals surface area contributed by atoms with Crippen molar-refractivity contribution in [3.63, 3.8) is 0 Å². The van der Waals surface area contributed by atoms with Crippen molar-refractivity contribution in [1.82, 2.24) is 9.88 Å². The van der Waals surface area contributed by atoms with Gasteiger partial charge in [0.1, 0.15) is 5.69 Å². The number of rotatable bonds is 7. The summed E-state index contributed by atoms with van der Waals surface area (Å²) in [5.74, 6) is -0.386. The average Bonchev–Trinajstić information content (AvgIpc) is 2.87. The van der Waals surface area contributed by atoms with Gasteiger partial charge in [-0.25, -0.2) is 9.78 Å². The number of aromatic carboxylic acids is 1. The molecule has 1 atom stereocenters. The fourth-order valence-corrected chi connectivity index (χ4v) is 2.50. The summed E-state index contributed by atoms with van der Waals surface area (Å²) in [7, 11) is 0. The van der Waals surface area contributed by atoms with Crippen LogP contribution in [0, 0.1) is 5.92 Å². The van der Waals surface area contributed by atoms with Crippen LogP contribution in [0.15, 0.2) is 18.2 Å². The summed E-state index contributed by atoms with van der Waals surface area (Å²) in [6.45, 7) is 6.51. The molecule has 0 spiro atoms. The average molecular weight is 278 g/mol. The Balaban J connectivity index is 1.82. The van der Waals surface area contributed by atoms with Gasteiger partial charge in [-0.15, -0.1) is 0 Å². The van der Waals surface area contributed by atoms with Gasteiger partial charge in [-0.05, 0) is 37.4 Å². The summed E-state index contributed by atoms with van der Waals surface area (Å²) in [6.07, 6.45) is 2.20. The number of carboxylic acid groups (broad SMARTS) is 1. The molecule has 1 aliphatic rings. The van der Waals surface area contributed by atoms with Gasteiger partial charge in [-0.2, -0.15) is 0 Å². The number of hydrogen-bond donors (Lipinski definition) is 1. The van der Waals surface area contributed by atoms with E-state index in [1.807, 2.05) is 6.07 Å². The molecule has 0 aromatic carbocycles. The molecule has 1 aromatic heterocycles. The van der Waals surface area contributed by atoms with E-state index in [0.29, 0.717) is 12.5 Å². The SMILES string of the molecule is CCCOCC1CCN(Cc2cccc(C(=O)O)n2)C1. The van der Waals surface area contributed by atoms with Gasteiger partial charge < -0.3 is 9.84 Å². The molecular formula is C15H22N2O3. The first-order valence-corrected chi connectivity index (χ1v) is 7.18. The van der Waals surface area contributed by atoms with Crippen LogP contribution in [0.4, 0.5) is 0 Å². The quantitative estimate of drug-likeness (QED) is 0.773. The normalized spacial score (nSPS) is 19.4. The lowest BCUT2D eigenvalue weighted by molar-refractivity contribution is 0.0690. The number of aromatic nitrogens is 1. The van der Waals surface area contributed by atoms with Gasteiger partial charge in [-0.3, -0.25) is 4.90 Å². The van der Waals surface area contributed by atoms with Gasteiger partial charge >= 0.3 is 5.97 Å². The van der Waals surface area contributed by atoms with Crippen LogP contribution in [-0.4, -0.2) is 47.3 Å². The lowest BCUT2D eigenvalue weighted by Gasteiger charge is -2.15. The molecule has 0 bridgehead atoms. The van der Waals surface area contributed by atoms with Gasteiger partial charge in [0.2, 0.25) is 0 Å². The highest BCUT2D eigenvalue weighted by molar-refractivity contribution is 5.85. The Morgan fingerprint density at radius 3 is 3.15 bits per heavy atom. The molecule has 1 saturated heterocycles. The summed E-state index contributed by atoms with van der Waals surface area (Å²) in [6, 6.07) is 5.16. The van der Waals surface area contributed by atoms with Crippen LogP contribution in [0.1, 0.15) is 35.9 Å². The summed E-state index contributed by atoms with van der Waals surface area (Å²) < 4.78 is 5.60. The van der Waals surface area contributed by atoms with E-state index in [1.165, 1.54) is 6.07 Å². The van der Waals surface area contributed by atoms with E-state index in [0.717, 1.165) is 44.8 Å². The Hall–Kier alpha value is -1.46. The van der Waals surface area contributed by atoms with Crippen LogP contribution >= 0.6 is 0 Å². The van der Waals surface area contributed by atoms with Gasteiger partial charge in [-0.1, -0.05) is 13.0 Å². The fourth-order valence-electron chi connectivity index (χ4n) is 2.50. The maximum Gasteiger partial charge on any atom is 0.354 e. The molecule has 1 N–H and O–H groups in total. The molecule has 1 aromatic rings. The summed E-state index contributed by atoms with van der Waals surface area (Å²) >= 11 is 0. The summed E-state index contributed by atoms with van der Waals surface area (Å²) in [5, 5.41) is 8.94. The van der Waals surface area contributed by atoms with E-state index < -0.39 is 5.97 Å². The van der Waals surface area contributed by atoms with Crippen LogP contribution in [0.2, 0.25) is 0 Å². The smallest absolute Gasteiger partial charge is 0.354 e. The van der Waals surface area contributed by atoms with Crippen LogP contribution in [-0.2, 0) is 11.3 Å². The zero-order valence-electron chi connectivity index (χ0n) is 11.9. The maximum absolute atomic E-state index is 10.9. The van der Waals surface area contributed by atoms with E-state index in [4.69, 9.17) is 9.84 Å². The van der Waals surface area contributed by atoms with Crippen molar-refractivity contribution in [2.45, 2.75) is 26.3 Å². The predicted molar refractivity (Wildman–Crippen MR) is 75.7 cm³/mol. The third-order valence-electron chi connectivity index (χ3n) is 3.48. The molecule has 110 valence electrons. The van der Waals surface area contributed by atoms with Crippen molar-refractivity contribution < 1.29 is 14.6 Å². The van der Waals surface area contributed by atoms with Crippen LogP contribution in [0.3, 0.4) is 0 Å². The monoisotopic (exact) mass is 278 g/mol. The van der Waals surface area contributed by atoms with Gasteiger partial charge in [0.15, 0.2) is 0 Å². The van der Waals surface area contributed by atoms with E-state index in [2.05, 4.69) is 16.8 Å². The molecule has 20 heavy (non-hydrogen) atoms. The van der Waals surface area contributed by atoms with Crippen molar-refractivity contribution in [2.75, 3.05) is 26.3 Å². The third-order valence-corrected chi connectivity index (χ3v) is 3.48. The molecule has 5 heteroatoms. The molecule has 0 radical (unpaired) electrons. The maximum atomic E-state index is 10.9. The minimum Gasteiger partial charge on any atom is -0.477 e. The van der Waals surface area contributed by atoms with Gasteiger partial charge in [0.25, 0.3) is 0 Å². The lowest BCUT2D eigenvalue weighted by atomic mass is 10.1. The topological polar surface area (TPSA) is 62.7 Å². The first-order valence-electron chi connectivity index (χ1n) is 7.18. The van der Waals surface area contributed by atoms with Crippen molar-refractivity contribution in [1.29, 1.82) is 0 Å². The number of likely N-dealkylation sites (tertiary alicyclic amines) is 1. The van der Waals surface area contributed by atoms with Gasteiger partial charge in [0.05, 0.1) is 12.3 Å². The Morgan fingerprint density at radius 1 is 1.55 bits per heavy atom. The number of carboxylic acids is 1. The van der Waals surface area contributed by atoms with Crippen LogP contribution < -0.4 is 0 Å². The number of hydrogen-bond acceptors (Lipinski definition) is 4. The van der Waals surface area contributed by atoms with Crippen LogP contribution in [0.5, 0.6) is 0 Å². The third kappa shape index (κ3) is 4.28. The number of pyridine rings is 1. The standard InChI is InChI=1S/C15H22N2O3/c1-2-8-20-11-12-6-7-17(9-12)10-13-4-3-5-14(16-13)15(18)19/h3-5,12H,2,6-11H2,1H3,(H,18,19). The highest BCUT2D eigenvalue weighted by atomic mass is 16.5. The summed E-state index contributed by atoms with van der Waals surface area (Å²) in [5.41, 5.74) is 0.935. The fraction of sp³-hybridized carbons (Fsp3) is 0.600. The molecule has 1 aliphatic heterocycles. The minimum atomic E-state index is -0.973. The number of nitrogens with zero attached hydrogens (tertiary/aromatic N) is 2. The largest absolute Gasteiger partial charge is 0.477 e. The molecular weight excluding hydrogens is 256 g/mol. The number of ether oxygens (including phenoxy) is 1. The van der Waals surface area contributed by atoms with E-state index in [1.54, 1.807) is 6.07 Å². The van der Waals surface area contributed by atoms with E-state index in [9.17, 15) is 4.79 Å². The molecule has 0 amide bonds. The van der Waals surface area contributed by atoms with Crippen molar-refractivity contribution in [3.8, 4) is 0 Å². The second-order valence-corrected chi connectivity index (χ2v) is 5.28. The molecule has 5 nitrogen and oxygen atoms in total. The van der Waals surface area contributed by atoms with Crippen LogP contribution in [0.25, 0.3) is 0 Å². The Morgan fingerprint density at radius 2 is 2.40 bits per heavy atom. The second-order valence-electron chi connectivity index (χ2n) is 5.28. The zero-order valence-corrected chi connectivity index (χ0v) is 11.9. The molecule has 0 saturated carbocycles. The minimum absolute atomic E-state index is 0.115. The van der Waals surface area contributed by atoms with Crippen molar-refractivity contribution in [2.24, 2.45) is 5.92 Å². The summed E-state index contributed by atoms with van der Waals surface area (Å²) in [4.78, 5) is 17.4. The predicted octanol–water partition coefficient (Wildman–Crippen LogP) is 2.03. The Bertz CT molecular complexity index is 450. The first-order chi connectivity index (χ1) is 9.69. The lowest BCUT2D eigenvalue weighted by Crippen LogP contribution is -2.22. The number of carbonyl (C=O) groups is 1. The molecule has 0 aliphatic carbocycles. The Labute approximate surface area is 119 Å². The first kappa shape index (κ1) is 14.9. The molecule has 1 fully saturated rings. The van der Waals surface area contributed by atoms with E-state index in [-0.39, 0.29) is 5.69 Å². The van der Waals surface area contributed by atoms with E-state index >= 15 is 0 Å². The van der Waals surface area contributed by atoms with Gasteiger partial charge in [0, 0.05) is 19.7 Å².